The van der Waals surface area contributed by atoms with Crippen LogP contribution in [0.1, 0.15) is 15.7 Å². The highest BCUT2D eigenvalue weighted by molar-refractivity contribution is 8.00. The SMILES string of the molecule is O=C1CS[C@H](c2ccc(F)c(F)c2)c2sccc2N1. The van der Waals surface area contributed by atoms with Gasteiger partial charge in [-0.1, -0.05) is 6.07 Å². The minimum atomic E-state index is -0.861. The number of hydrogen-bond acceptors (Lipinski definition) is 3. The number of fused-ring (bicyclic) bond motifs is 1. The Hall–Kier alpha value is -1.40. The minimum Gasteiger partial charge on any atom is -0.324 e. The van der Waals surface area contributed by atoms with Crippen molar-refractivity contribution in [1.82, 2.24) is 0 Å². The number of benzene rings is 1. The van der Waals surface area contributed by atoms with Gasteiger partial charge in [-0.2, -0.15) is 0 Å². The number of thioether (sulfide) groups is 1. The highest BCUT2D eigenvalue weighted by Gasteiger charge is 2.25. The fourth-order valence-corrected chi connectivity index (χ4v) is 4.21. The molecule has 6 heteroatoms. The molecular formula is C13H9F2NOS2. The van der Waals surface area contributed by atoms with Crippen LogP contribution in [0.5, 0.6) is 0 Å². The van der Waals surface area contributed by atoms with Gasteiger partial charge in [0, 0.05) is 4.88 Å². The molecular weight excluding hydrogens is 288 g/mol. The van der Waals surface area contributed by atoms with Gasteiger partial charge in [-0.25, -0.2) is 8.78 Å². The predicted molar refractivity (Wildman–Crippen MR) is 73.6 cm³/mol. The quantitative estimate of drug-likeness (QED) is 0.867. The third kappa shape index (κ3) is 2.37. The van der Waals surface area contributed by atoms with Gasteiger partial charge in [0.05, 0.1) is 16.7 Å². The fourth-order valence-electron chi connectivity index (χ4n) is 1.97. The van der Waals surface area contributed by atoms with Crippen molar-refractivity contribution in [3.63, 3.8) is 0 Å². The van der Waals surface area contributed by atoms with Crippen molar-refractivity contribution < 1.29 is 13.6 Å². The first-order valence-corrected chi connectivity index (χ1v) is 7.52. The Kier molecular flexibility index (Phi) is 3.28. The molecule has 0 spiro atoms. The van der Waals surface area contributed by atoms with Gasteiger partial charge < -0.3 is 5.32 Å². The third-order valence-corrected chi connectivity index (χ3v) is 5.24. The molecule has 0 radical (unpaired) electrons. The third-order valence-electron chi connectivity index (χ3n) is 2.83. The van der Waals surface area contributed by atoms with Crippen LogP contribution < -0.4 is 5.32 Å². The molecule has 0 aliphatic carbocycles. The van der Waals surface area contributed by atoms with Gasteiger partial charge in [0.1, 0.15) is 0 Å². The van der Waals surface area contributed by atoms with Crippen LogP contribution in [-0.2, 0) is 4.79 Å². The summed E-state index contributed by atoms with van der Waals surface area (Å²) in [5.41, 5.74) is 1.43. The fraction of sp³-hybridized carbons (Fsp3) is 0.154. The van der Waals surface area contributed by atoms with E-state index >= 15 is 0 Å². The number of halogens is 2. The van der Waals surface area contributed by atoms with Gasteiger partial charge in [-0.05, 0) is 29.1 Å². The summed E-state index contributed by atoms with van der Waals surface area (Å²) in [6.45, 7) is 0. The summed E-state index contributed by atoms with van der Waals surface area (Å²) in [6, 6.07) is 5.72. The topological polar surface area (TPSA) is 29.1 Å². The van der Waals surface area contributed by atoms with E-state index in [0.717, 1.165) is 16.6 Å². The second-order valence-corrected chi connectivity index (χ2v) is 6.15. The van der Waals surface area contributed by atoms with Gasteiger partial charge in [-0.15, -0.1) is 23.1 Å². The summed E-state index contributed by atoms with van der Waals surface area (Å²) in [7, 11) is 0. The molecule has 1 aromatic heterocycles. The maximum atomic E-state index is 13.4. The summed E-state index contributed by atoms with van der Waals surface area (Å²) in [5.74, 6) is -1.50. The first kappa shape index (κ1) is 12.6. The molecule has 1 aromatic carbocycles. The number of hydrogen-bond donors (Lipinski definition) is 1. The van der Waals surface area contributed by atoms with Gasteiger partial charge in [0.25, 0.3) is 0 Å². The van der Waals surface area contributed by atoms with E-state index in [0.29, 0.717) is 11.3 Å². The van der Waals surface area contributed by atoms with Crippen molar-refractivity contribution in [2.45, 2.75) is 5.25 Å². The molecule has 98 valence electrons. The molecule has 1 atom stereocenters. The van der Waals surface area contributed by atoms with Crippen LogP contribution in [0, 0.1) is 11.6 Å². The molecule has 1 aliphatic rings. The second-order valence-electron chi connectivity index (χ2n) is 4.11. The van der Waals surface area contributed by atoms with Crippen molar-refractivity contribution in [1.29, 1.82) is 0 Å². The van der Waals surface area contributed by atoms with Crippen molar-refractivity contribution in [2.24, 2.45) is 0 Å². The number of amides is 1. The Morgan fingerprint density at radius 1 is 1.21 bits per heavy atom. The van der Waals surface area contributed by atoms with Crippen molar-refractivity contribution in [3.8, 4) is 0 Å². The molecule has 0 saturated heterocycles. The zero-order chi connectivity index (χ0) is 13.4. The van der Waals surface area contributed by atoms with Gasteiger partial charge in [0.2, 0.25) is 5.91 Å². The lowest BCUT2D eigenvalue weighted by molar-refractivity contribution is -0.113. The molecule has 19 heavy (non-hydrogen) atoms. The van der Waals surface area contributed by atoms with E-state index in [4.69, 9.17) is 0 Å². The zero-order valence-corrected chi connectivity index (χ0v) is 11.3. The highest BCUT2D eigenvalue weighted by Crippen LogP contribution is 2.44. The lowest BCUT2D eigenvalue weighted by Crippen LogP contribution is -2.11. The summed E-state index contributed by atoms with van der Waals surface area (Å²) in [6.07, 6.45) is 0. The molecule has 2 heterocycles. The molecule has 1 amide bonds. The van der Waals surface area contributed by atoms with E-state index in [-0.39, 0.29) is 11.2 Å². The number of carbonyl (C=O) groups is 1. The van der Waals surface area contributed by atoms with Crippen LogP contribution in [0.2, 0.25) is 0 Å². The monoisotopic (exact) mass is 297 g/mol. The molecule has 0 bridgehead atoms. The summed E-state index contributed by atoms with van der Waals surface area (Å²) < 4.78 is 26.3. The van der Waals surface area contributed by atoms with Crippen molar-refractivity contribution >= 4 is 34.7 Å². The first-order valence-electron chi connectivity index (χ1n) is 5.59. The second kappa shape index (κ2) is 4.94. The van der Waals surface area contributed by atoms with E-state index in [1.807, 2.05) is 11.4 Å². The highest BCUT2D eigenvalue weighted by atomic mass is 32.2. The van der Waals surface area contributed by atoms with E-state index in [1.54, 1.807) is 6.07 Å². The van der Waals surface area contributed by atoms with Gasteiger partial charge in [0.15, 0.2) is 11.6 Å². The summed E-state index contributed by atoms with van der Waals surface area (Å²) in [4.78, 5) is 12.5. The van der Waals surface area contributed by atoms with Crippen LogP contribution in [0.4, 0.5) is 14.5 Å². The zero-order valence-electron chi connectivity index (χ0n) is 9.65. The standard InChI is InChI=1S/C13H9F2NOS2/c14-8-2-1-7(5-9(8)15)12-13-10(3-4-18-13)16-11(17)6-19-12/h1-5,12H,6H2,(H,16,17)/t12-/m1/s1. The predicted octanol–water partition coefficient (Wildman–Crippen LogP) is 3.80. The normalized spacial score (nSPS) is 18.6. The van der Waals surface area contributed by atoms with Gasteiger partial charge in [-0.3, -0.25) is 4.79 Å². The average molecular weight is 297 g/mol. The molecule has 2 aromatic rings. The maximum absolute atomic E-state index is 13.4. The first-order chi connectivity index (χ1) is 9.15. The number of thiophene rings is 1. The van der Waals surface area contributed by atoms with E-state index in [2.05, 4.69) is 5.32 Å². The van der Waals surface area contributed by atoms with Crippen LogP contribution in [0.3, 0.4) is 0 Å². The Bertz CT molecular complexity index is 641. The largest absolute Gasteiger partial charge is 0.324 e. The van der Waals surface area contributed by atoms with Crippen LogP contribution >= 0.6 is 23.1 Å². The molecule has 2 nitrogen and oxygen atoms in total. The Morgan fingerprint density at radius 2 is 2.05 bits per heavy atom. The molecule has 0 fully saturated rings. The minimum absolute atomic E-state index is 0.0743. The molecule has 1 aliphatic heterocycles. The Labute approximate surface area is 116 Å². The van der Waals surface area contributed by atoms with Crippen LogP contribution in [0.25, 0.3) is 0 Å². The number of anilines is 1. The Balaban J connectivity index is 2.05. The summed E-state index contributed by atoms with van der Waals surface area (Å²) in [5, 5.41) is 4.54. The van der Waals surface area contributed by atoms with E-state index in [1.165, 1.54) is 29.2 Å². The lowest BCUT2D eigenvalue weighted by Gasteiger charge is -2.14. The average Bonchev–Trinajstić information content (AvgIpc) is 2.76. The van der Waals surface area contributed by atoms with E-state index in [9.17, 15) is 13.6 Å². The van der Waals surface area contributed by atoms with Crippen molar-refractivity contribution in [2.75, 3.05) is 11.1 Å². The van der Waals surface area contributed by atoms with Crippen LogP contribution in [-0.4, -0.2) is 11.7 Å². The molecule has 0 saturated carbocycles. The van der Waals surface area contributed by atoms with Crippen LogP contribution in [0.15, 0.2) is 29.6 Å². The molecule has 0 unspecified atom stereocenters. The number of rotatable bonds is 1. The van der Waals surface area contributed by atoms with Crippen molar-refractivity contribution in [3.05, 3.63) is 51.7 Å². The smallest absolute Gasteiger partial charge is 0.234 e. The molecule has 3 rings (SSSR count). The number of nitrogens with one attached hydrogen (secondary N) is 1. The van der Waals surface area contributed by atoms with E-state index < -0.39 is 11.6 Å². The van der Waals surface area contributed by atoms with Gasteiger partial charge >= 0.3 is 0 Å². The lowest BCUT2D eigenvalue weighted by atomic mass is 10.1. The maximum Gasteiger partial charge on any atom is 0.234 e. The number of carbonyl (C=O) groups excluding carboxylic acids is 1. The summed E-state index contributed by atoms with van der Waals surface area (Å²) >= 11 is 2.92. The Morgan fingerprint density at radius 3 is 2.84 bits per heavy atom. The molecule has 1 N–H and O–H groups in total.